The van der Waals surface area contributed by atoms with Gasteiger partial charge in [0.2, 0.25) is 5.82 Å². The van der Waals surface area contributed by atoms with E-state index >= 15 is 0 Å². The highest BCUT2D eigenvalue weighted by atomic mass is 15.2. The van der Waals surface area contributed by atoms with Crippen molar-refractivity contribution < 1.29 is 0 Å². The molecule has 1 aliphatic rings. The second-order valence-electron chi connectivity index (χ2n) is 2.95. The zero-order valence-corrected chi connectivity index (χ0v) is 6.81. The number of hydrogen-bond donors (Lipinski definition) is 0. The number of benzene rings is 1. The summed E-state index contributed by atoms with van der Waals surface area (Å²) in [6, 6.07) is 6.06. The zero-order chi connectivity index (χ0) is 8.67. The van der Waals surface area contributed by atoms with Crippen molar-refractivity contribution >= 4 is 16.6 Å². The van der Waals surface area contributed by atoms with Gasteiger partial charge in [-0.1, -0.05) is 18.2 Å². The van der Waals surface area contributed by atoms with Crippen LogP contribution < -0.4 is 0 Å². The van der Waals surface area contributed by atoms with Crippen molar-refractivity contribution in [2.75, 3.05) is 0 Å². The molecular formula is C9H6N4. The molecule has 2 heterocycles. The van der Waals surface area contributed by atoms with Crippen molar-refractivity contribution in [1.29, 1.82) is 0 Å². The largest absolute Gasteiger partial charge is 0.204 e. The Morgan fingerprint density at radius 3 is 3.23 bits per heavy atom. The van der Waals surface area contributed by atoms with Crippen LogP contribution in [-0.2, 0) is 6.54 Å². The summed E-state index contributed by atoms with van der Waals surface area (Å²) >= 11 is 0. The molecule has 3 rings (SSSR count). The van der Waals surface area contributed by atoms with E-state index in [0.717, 1.165) is 10.8 Å². The summed E-state index contributed by atoms with van der Waals surface area (Å²) in [5.74, 6) is 0.638. The van der Waals surface area contributed by atoms with Crippen LogP contribution >= 0.6 is 0 Å². The van der Waals surface area contributed by atoms with Crippen LogP contribution in [0.25, 0.3) is 10.8 Å². The fourth-order valence-electron chi connectivity index (χ4n) is 1.58. The molecule has 0 bridgehead atoms. The predicted molar refractivity (Wildman–Crippen MR) is 47.8 cm³/mol. The fraction of sp³-hybridized carbons (Fsp3) is 0.111. The van der Waals surface area contributed by atoms with Gasteiger partial charge in [0.1, 0.15) is 0 Å². The van der Waals surface area contributed by atoms with Gasteiger partial charge in [-0.2, -0.15) is 10.2 Å². The van der Waals surface area contributed by atoms with Gasteiger partial charge in [0.05, 0.1) is 12.7 Å². The summed E-state index contributed by atoms with van der Waals surface area (Å²) in [5.41, 5.74) is 1.18. The van der Waals surface area contributed by atoms with Gasteiger partial charge >= 0.3 is 0 Å². The molecular weight excluding hydrogens is 164 g/mol. The number of rotatable bonds is 0. The lowest BCUT2D eigenvalue weighted by Crippen LogP contribution is -1.92. The van der Waals surface area contributed by atoms with Crippen LogP contribution in [0, 0.1) is 0 Å². The van der Waals surface area contributed by atoms with Crippen molar-refractivity contribution in [3.05, 3.63) is 30.0 Å². The molecule has 2 aromatic rings. The monoisotopic (exact) mass is 170 g/mol. The number of aromatic nitrogens is 2. The molecule has 0 amide bonds. The van der Waals surface area contributed by atoms with Crippen molar-refractivity contribution in [3.63, 3.8) is 0 Å². The normalized spacial score (nSPS) is 13.5. The third-order valence-corrected chi connectivity index (χ3v) is 2.16. The van der Waals surface area contributed by atoms with Crippen LogP contribution in [0.5, 0.6) is 0 Å². The quantitative estimate of drug-likeness (QED) is 0.608. The average molecular weight is 170 g/mol. The Bertz CT molecular complexity index is 499. The van der Waals surface area contributed by atoms with E-state index in [1.165, 1.54) is 5.56 Å². The van der Waals surface area contributed by atoms with Gasteiger partial charge in [-0.3, -0.25) is 0 Å². The molecule has 0 atom stereocenters. The Hall–Kier alpha value is -1.84. The maximum absolute atomic E-state index is 3.97. The molecule has 0 unspecified atom stereocenters. The van der Waals surface area contributed by atoms with E-state index in [0.29, 0.717) is 12.4 Å². The third-order valence-electron chi connectivity index (χ3n) is 2.16. The Balaban J connectivity index is 2.56. The minimum atomic E-state index is 0.638. The van der Waals surface area contributed by atoms with Crippen LogP contribution in [0.3, 0.4) is 0 Å². The molecule has 1 aliphatic heterocycles. The number of azo groups is 1. The highest BCUT2D eigenvalue weighted by Gasteiger charge is 2.10. The fourth-order valence-corrected chi connectivity index (χ4v) is 1.58. The maximum atomic E-state index is 3.97. The van der Waals surface area contributed by atoms with Crippen LogP contribution in [0.2, 0.25) is 0 Å². The predicted octanol–water partition coefficient (Wildman–Crippen LogP) is 2.23. The van der Waals surface area contributed by atoms with Gasteiger partial charge in [0.15, 0.2) is 0 Å². The number of hydrogen-bond acceptors (Lipinski definition) is 4. The molecule has 0 saturated carbocycles. The van der Waals surface area contributed by atoms with Gasteiger partial charge in [0.25, 0.3) is 0 Å². The molecule has 0 saturated heterocycles. The molecule has 13 heavy (non-hydrogen) atoms. The lowest BCUT2D eigenvalue weighted by molar-refractivity contribution is 0.908. The first-order chi connectivity index (χ1) is 6.45. The van der Waals surface area contributed by atoms with E-state index in [4.69, 9.17) is 0 Å². The maximum Gasteiger partial charge on any atom is 0.204 e. The van der Waals surface area contributed by atoms with E-state index in [9.17, 15) is 0 Å². The smallest absolute Gasteiger partial charge is 0.182 e. The lowest BCUT2D eigenvalue weighted by Gasteiger charge is -2.07. The molecule has 1 aromatic carbocycles. The summed E-state index contributed by atoms with van der Waals surface area (Å²) in [6.45, 7) is 0.649. The molecule has 0 radical (unpaired) electrons. The van der Waals surface area contributed by atoms with Gasteiger partial charge in [-0.25, -0.2) is 0 Å². The molecule has 62 valence electrons. The van der Waals surface area contributed by atoms with Gasteiger partial charge < -0.3 is 0 Å². The van der Waals surface area contributed by atoms with E-state index in [1.54, 1.807) is 6.20 Å². The minimum Gasteiger partial charge on any atom is -0.182 e. The minimum absolute atomic E-state index is 0.638. The highest BCUT2D eigenvalue weighted by Crippen LogP contribution is 2.30. The summed E-state index contributed by atoms with van der Waals surface area (Å²) in [6.07, 6.45) is 1.75. The van der Waals surface area contributed by atoms with Crippen molar-refractivity contribution in [1.82, 2.24) is 10.2 Å². The molecule has 0 fully saturated rings. The standard InChI is InChI=1S/C9H6N4/c1-2-6-4-10-12-9-8(6)7(3-1)5-11-13-9/h1-4H,5H2. The first kappa shape index (κ1) is 6.65. The summed E-state index contributed by atoms with van der Waals surface area (Å²) < 4.78 is 0. The summed E-state index contributed by atoms with van der Waals surface area (Å²) in [5, 5.41) is 17.9. The topological polar surface area (TPSA) is 50.5 Å². The SMILES string of the molecule is c1cc2c3c(nncc3c1)N=NC2. The average Bonchev–Trinajstić information content (AvgIpc) is 2.19. The van der Waals surface area contributed by atoms with E-state index in [-0.39, 0.29) is 0 Å². The van der Waals surface area contributed by atoms with E-state index in [1.807, 2.05) is 18.2 Å². The van der Waals surface area contributed by atoms with E-state index in [2.05, 4.69) is 20.4 Å². The van der Waals surface area contributed by atoms with Crippen molar-refractivity contribution in [2.45, 2.75) is 6.54 Å². The summed E-state index contributed by atoms with van der Waals surface area (Å²) in [4.78, 5) is 0. The van der Waals surface area contributed by atoms with Crippen LogP contribution in [0.1, 0.15) is 5.56 Å². The van der Waals surface area contributed by atoms with Gasteiger partial charge in [-0.05, 0) is 5.56 Å². The Labute approximate surface area is 74.3 Å². The highest BCUT2D eigenvalue weighted by molar-refractivity contribution is 5.93. The Kier molecular flexibility index (Phi) is 1.19. The van der Waals surface area contributed by atoms with Crippen molar-refractivity contribution in [2.24, 2.45) is 10.2 Å². The molecule has 0 aliphatic carbocycles. The first-order valence-corrected chi connectivity index (χ1v) is 4.06. The van der Waals surface area contributed by atoms with E-state index < -0.39 is 0 Å². The van der Waals surface area contributed by atoms with Gasteiger partial charge in [-0.15, -0.1) is 10.2 Å². The Morgan fingerprint density at radius 2 is 2.23 bits per heavy atom. The molecule has 0 N–H and O–H groups in total. The molecule has 1 aromatic heterocycles. The lowest BCUT2D eigenvalue weighted by atomic mass is 10.1. The molecule has 0 spiro atoms. The first-order valence-electron chi connectivity index (χ1n) is 4.06. The second kappa shape index (κ2) is 2.32. The van der Waals surface area contributed by atoms with Crippen LogP contribution in [0.4, 0.5) is 5.82 Å². The second-order valence-corrected chi connectivity index (χ2v) is 2.95. The third kappa shape index (κ3) is 0.853. The zero-order valence-electron chi connectivity index (χ0n) is 6.81. The molecule has 4 heteroatoms. The Morgan fingerprint density at radius 1 is 1.23 bits per heavy atom. The van der Waals surface area contributed by atoms with Gasteiger partial charge in [0, 0.05) is 10.8 Å². The summed E-state index contributed by atoms with van der Waals surface area (Å²) in [7, 11) is 0. The van der Waals surface area contributed by atoms with Crippen LogP contribution in [0.15, 0.2) is 34.6 Å². The molecule has 4 nitrogen and oxygen atoms in total. The van der Waals surface area contributed by atoms with Crippen molar-refractivity contribution in [3.8, 4) is 0 Å². The van der Waals surface area contributed by atoms with Crippen LogP contribution in [-0.4, -0.2) is 10.2 Å². The number of nitrogens with zero attached hydrogens (tertiary/aromatic N) is 4.